The van der Waals surface area contributed by atoms with E-state index in [0.29, 0.717) is 0 Å². The molecule has 0 radical (unpaired) electrons. The molecule has 0 rings (SSSR count). The fraction of sp³-hybridized carbons (Fsp3) is 0.417. The van der Waals surface area contributed by atoms with E-state index in [4.69, 9.17) is 18.9 Å². The van der Waals surface area contributed by atoms with Gasteiger partial charge in [-0.3, -0.25) is 0 Å². The number of urea groups is 2. The van der Waals surface area contributed by atoms with E-state index in [0.717, 1.165) is 12.2 Å². The van der Waals surface area contributed by atoms with Gasteiger partial charge >= 0.3 is 35.9 Å². The fourth-order valence-electron chi connectivity index (χ4n) is 2.17. The highest BCUT2D eigenvalue weighted by Crippen LogP contribution is 1.97. The molecule has 0 saturated carbocycles. The van der Waals surface area contributed by atoms with Crippen molar-refractivity contribution in [3.05, 3.63) is 49.6 Å². The molecule has 0 fully saturated rings. The Bertz CT molecular complexity index is 857. The van der Waals surface area contributed by atoms with E-state index < -0.39 is 48.0 Å². The standard InChI is InChI=1S/C24H34N4O10/c1-7-19(29)35-11-17(13-37-21(31)15(3)4)27-23(33)25-9-10-26-24(34)28-18(12-36-20(30)8-2)14-38-22(32)16(5)6/h7-8,17-18H,1-3,5,9-14H2,4,6H3,(H2,25,27,33)(H2,26,28,34). The number of carbonyl (C=O) groups excluding carboxylic acids is 6. The predicted molar refractivity (Wildman–Crippen MR) is 135 cm³/mol. The van der Waals surface area contributed by atoms with Gasteiger partial charge in [0.15, 0.2) is 0 Å². The third kappa shape index (κ3) is 16.1. The van der Waals surface area contributed by atoms with Crippen molar-refractivity contribution in [2.45, 2.75) is 25.9 Å². The molecule has 210 valence electrons. The second-order valence-electron chi connectivity index (χ2n) is 7.62. The maximum Gasteiger partial charge on any atom is 0.333 e. The summed E-state index contributed by atoms with van der Waals surface area (Å²) in [5, 5.41) is 9.87. The number of rotatable bonds is 17. The molecule has 0 bridgehead atoms. The van der Waals surface area contributed by atoms with Gasteiger partial charge in [0.05, 0.1) is 12.1 Å². The number of hydrogen-bond acceptors (Lipinski definition) is 10. The van der Waals surface area contributed by atoms with Crippen LogP contribution in [0, 0.1) is 0 Å². The van der Waals surface area contributed by atoms with Crippen LogP contribution in [-0.4, -0.2) is 87.5 Å². The number of carbonyl (C=O) groups is 6. The SMILES string of the molecule is C=CC(=O)OCC(COC(=O)C(=C)C)NC(=O)NCCNC(=O)NC(COC(=O)C=C)COC(=O)C(=C)C. The van der Waals surface area contributed by atoms with Crippen molar-refractivity contribution < 1.29 is 47.7 Å². The van der Waals surface area contributed by atoms with Crippen LogP contribution in [0.5, 0.6) is 0 Å². The Hall–Kier alpha value is -4.62. The number of nitrogens with one attached hydrogen (secondary N) is 4. The van der Waals surface area contributed by atoms with Crippen LogP contribution < -0.4 is 21.3 Å². The highest BCUT2D eigenvalue weighted by molar-refractivity contribution is 5.87. The molecule has 2 unspecified atom stereocenters. The highest BCUT2D eigenvalue weighted by Gasteiger charge is 2.19. The molecule has 0 aromatic carbocycles. The summed E-state index contributed by atoms with van der Waals surface area (Å²) in [5.41, 5.74) is 0.298. The van der Waals surface area contributed by atoms with Crippen molar-refractivity contribution in [2.75, 3.05) is 39.5 Å². The molecule has 0 saturated heterocycles. The first-order chi connectivity index (χ1) is 17.9. The Morgan fingerprint density at radius 1 is 0.632 bits per heavy atom. The maximum absolute atomic E-state index is 12.2. The van der Waals surface area contributed by atoms with Crippen LogP contribution in [0.15, 0.2) is 49.6 Å². The molecule has 0 aliphatic rings. The van der Waals surface area contributed by atoms with Gasteiger partial charge in [0.1, 0.15) is 26.4 Å². The van der Waals surface area contributed by atoms with Crippen LogP contribution in [0.1, 0.15) is 13.8 Å². The average Bonchev–Trinajstić information content (AvgIpc) is 2.88. The molecule has 0 aliphatic heterocycles. The molecule has 38 heavy (non-hydrogen) atoms. The minimum absolute atomic E-state index is 0.0231. The first-order valence-corrected chi connectivity index (χ1v) is 11.2. The molecule has 0 aliphatic carbocycles. The van der Waals surface area contributed by atoms with E-state index in [1.165, 1.54) is 13.8 Å². The Labute approximate surface area is 220 Å². The van der Waals surface area contributed by atoms with E-state index in [9.17, 15) is 28.8 Å². The Kier molecular flexibility index (Phi) is 16.4. The van der Waals surface area contributed by atoms with E-state index in [1.807, 2.05) is 0 Å². The van der Waals surface area contributed by atoms with Crippen molar-refractivity contribution in [1.82, 2.24) is 21.3 Å². The zero-order chi connectivity index (χ0) is 29.1. The second kappa shape index (κ2) is 18.6. The minimum Gasteiger partial charge on any atom is -0.460 e. The van der Waals surface area contributed by atoms with Crippen molar-refractivity contribution in [3.63, 3.8) is 0 Å². The Morgan fingerprint density at radius 3 is 1.24 bits per heavy atom. The van der Waals surface area contributed by atoms with Gasteiger partial charge in [-0.15, -0.1) is 0 Å². The van der Waals surface area contributed by atoms with Crippen LogP contribution in [-0.2, 0) is 38.1 Å². The quantitative estimate of drug-likeness (QED) is 0.0851. The van der Waals surface area contributed by atoms with Gasteiger partial charge in [-0.25, -0.2) is 28.8 Å². The first-order valence-electron chi connectivity index (χ1n) is 11.2. The van der Waals surface area contributed by atoms with Crippen molar-refractivity contribution in [1.29, 1.82) is 0 Å². The number of ether oxygens (including phenoxy) is 4. The van der Waals surface area contributed by atoms with Gasteiger partial charge in [-0.05, 0) is 13.8 Å². The molecule has 2 atom stereocenters. The zero-order valence-corrected chi connectivity index (χ0v) is 21.5. The van der Waals surface area contributed by atoms with Crippen LogP contribution in [0.2, 0.25) is 0 Å². The molecular formula is C24H34N4O10. The lowest BCUT2D eigenvalue weighted by Gasteiger charge is -2.20. The van der Waals surface area contributed by atoms with Crippen LogP contribution in [0.3, 0.4) is 0 Å². The summed E-state index contributed by atoms with van der Waals surface area (Å²) in [6, 6.07) is -3.14. The molecule has 0 aromatic heterocycles. The summed E-state index contributed by atoms with van der Waals surface area (Å²) >= 11 is 0. The Balaban J connectivity index is 4.67. The minimum atomic E-state index is -0.876. The molecule has 4 amide bonds. The maximum atomic E-state index is 12.2. The van der Waals surface area contributed by atoms with Crippen LogP contribution >= 0.6 is 0 Å². The zero-order valence-electron chi connectivity index (χ0n) is 21.5. The molecule has 0 spiro atoms. The number of hydrogen-bond donors (Lipinski definition) is 4. The number of esters is 4. The fourth-order valence-corrected chi connectivity index (χ4v) is 2.17. The summed E-state index contributed by atoms with van der Waals surface area (Å²) in [6.45, 7) is 15.1. The van der Waals surface area contributed by atoms with Gasteiger partial charge in [0.25, 0.3) is 0 Å². The third-order valence-corrected chi connectivity index (χ3v) is 4.08. The molecular weight excluding hydrogens is 504 g/mol. The monoisotopic (exact) mass is 538 g/mol. The predicted octanol–water partition coefficient (Wildman–Crippen LogP) is 0.0190. The lowest BCUT2D eigenvalue weighted by atomic mass is 10.3. The summed E-state index contributed by atoms with van der Waals surface area (Å²) < 4.78 is 19.7. The average molecular weight is 539 g/mol. The van der Waals surface area contributed by atoms with Gasteiger partial charge in [0.2, 0.25) is 0 Å². The smallest absolute Gasteiger partial charge is 0.333 e. The van der Waals surface area contributed by atoms with E-state index in [1.54, 1.807) is 0 Å². The summed E-state index contributed by atoms with van der Waals surface area (Å²) in [5.74, 6) is -2.83. The summed E-state index contributed by atoms with van der Waals surface area (Å²) in [4.78, 5) is 70.1. The van der Waals surface area contributed by atoms with Gasteiger partial charge in [-0.1, -0.05) is 26.3 Å². The van der Waals surface area contributed by atoms with E-state index in [-0.39, 0.29) is 50.7 Å². The molecule has 14 nitrogen and oxygen atoms in total. The molecule has 4 N–H and O–H groups in total. The first kappa shape index (κ1) is 33.4. The van der Waals surface area contributed by atoms with Gasteiger partial charge in [0, 0.05) is 36.4 Å². The molecule has 0 aromatic rings. The van der Waals surface area contributed by atoms with Crippen molar-refractivity contribution >= 4 is 35.9 Å². The normalized spacial score (nSPS) is 11.3. The highest BCUT2D eigenvalue weighted by atomic mass is 16.6. The van der Waals surface area contributed by atoms with Crippen LogP contribution in [0.25, 0.3) is 0 Å². The second-order valence-corrected chi connectivity index (χ2v) is 7.62. The topological polar surface area (TPSA) is 187 Å². The lowest BCUT2D eigenvalue weighted by Crippen LogP contribution is -2.50. The van der Waals surface area contributed by atoms with E-state index >= 15 is 0 Å². The molecule has 0 heterocycles. The number of amides is 4. The van der Waals surface area contributed by atoms with Crippen molar-refractivity contribution in [3.8, 4) is 0 Å². The Morgan fingerprint density at radius 2 is 0.947 bits per heavy atom. The molecule has 14 heteroatoms. The van der Waals surface area contributed by atoms with Crippen LogP contribution in [0.4, 0.5) is 9.59 Å². The van der Waals surface area contributed by atoms with Gasteiger partial charge in [-0.2, -0.15) is 0 Å². The van der Waals surface area contributed by atoms with E-state index in [2.05, 4.69) is 47.6 Å². The largest absolute Gasteiger partial charge is 0.460 e. The third-order valence-electron chi connectivity index (χ3n) is 4.08. The summed E-state index contributed by atoms with van der Waals surface area (Å²) in [7, 11) is 0. The van der Waals surface area contributed by atoms with Gasteiger partial charge < -0.3 is 40.2 Å². The van der Waals surface area contributed by atoms with Crippen molar-refractivity contribution in [2.24, 2.45) is 0 Å². The lowest BCUT2D eigenvalue weighted by molar-refractivity contribution is -0.143. The summed E-state index contributed by atoms with van der Waals surface area (Å²) in [6.07, 6.45) is 1.87.